The Morgan fingerprint density at radius 2 is 1.81 bits per heavy atom. The van der Waals surface area contributed by atoms with Crippen molar-refractivity contribution in [3.63, 3.8) is 0 Å². The second kappa shape index (κ2) is 8.04. The van der Waals surface area contributed by atoms with E-state index < -0.39 is 23.8 Å². The number of rotatable bonds is 4. The zero-order valence-corrected chi connectivity index (χ0v) is 16.4. The largest absolute Gasteiger partial charge is 0.493 e. The lowest BCUT2D eigenvalue weighted by Gasteiger charge is -2.45. The van der Waals surface area contributed by atoms with Gasteiger partial charge in [0.2, 0.25) is 0 Å². The third kappa shape index (κ3) is 4.44. The Morgan fingerprint density at radius 3 is 2.30 bits per heavy atom. The molecular weight excluding hydrogens is 352 g/mol. The van der Waals surface area contributed by atoms with Gasteiger partial charge in [-0.3, -0.25) is 9.69 Å². The molecule has 1 aromatic rings. The van der Waals surface area contributed by atoms with Crippen molar-refractivity contribution in [2.24, 2.45) is 0 Å². The van der Waals surface area contributed by atoms with Gasteiger partial charge in [-0.1, -0.05) is 0 Å². The van der Waals surface area contributed by atoms with Gasteiger partial charge in [0, 0.05) is 24.2 Å². The Balaban J connectivity index is 2.16. The van der Waals surface area contributed by atoms with Crippen LogP contribution in [0.1, 0.15) is 37.6 Å². The molecule has 1 aliphatic heterocycles. The number of nitrogens with zero attached hydrogens (tertiary/aromatic N) is 2. The van der Waals surface area contributed by atoms with E-state index in [-0.39, 0.29) is 12.5 Å². The fraction of sp³-hybridized carbons (Fsp3) is 0.579. The Hall–Kier alpha value is -2.48. The number of methoxy groups -OCH3 is 2. The van der Waals surface area contributed by atoms with Crippen molar-refractivity contribution in [3.05, 3.63) is 23.8 Å². The summed E-state index contributed by atoms with van der Waals surface area (Å²) in [5.74, 6) is 0.727. The number of carbonyl (C=O) groups is 2. The summed E-state index contributed by atoms with van der Waals surface area (Å²) in [7, 11) is 3.01. The number of hydrogen-bond donors (Lipinski definition) is 2. The van der Waals surface area contributed by atoms with Gasteiger partial charge in [-0.15, -0.1) is 0 Å². The molecule has 1 heterocycles. The lowest BCUT2D eigenvalue weighted by atomic mass is 9.94. The van der Waals surface area contributed by atoms with Crippen LogP contribution in [0.5, 0.6) is 11.5 Å². The molecule has 1 aromatic carbocycles. The van der Waals surface area contributed by atoms with Gasteiger partial charge in [-0.25, -0.2) is 4.79 Å². The van der Waals surface area contributed by atoms with E-state index in [1.165, 1.54) is 24.0 Å². The van der Waals surface area contributed by atoms with Crippen LogP contribution in [-0.4, -0.2) is 77.0 Å². The summed E-state index contributed by atoms with van der Waals surface area (Å²) in [6, 6.07) is 4.33. The summed E-state index contributed by atoms with van der Waals surface area (Å²) in [6.07, 6.45) is -1.67. The Morgan fingerprint density at radius 1 is 1.19 bits per heavy atom. The number of benzene rings is 1. The molecule has 2 N–H and O–H groups in total. The molecule has 1 saturated heterocycles. The highest BCUT2D eigenvalue weighted by atomic mass is 16.5. The van der Waals surface area contributed by atoms with Gasteiger partial charge in [0.25, 0.3) is 5.91 Å². The van der Waals surface area contributed by atoms with Crippen LogP contribution >= 0.6 is 0 Å². The second-order valence-electron chi connectivity index (χ2n) is 7.57. The number of piperidine rings is 1. The van der Waals surface area contributed by atoms with Crippen molar-refractivity contribution in [3.8, 4) is 11.5 Å². The monoisotopic (exact) mass is 380 g/mol. The van der Waals surface area contributed by atoms with Crippen molar-refractivity contribution in [1.29, 1.82) is 0 Å². The van der Waals surface area contributed by atoms with Crippen LogP contribution in [0.4, 0.5) is 4.79 Å². The lowest BCUT2D eigenvalue weighted by Crippen LogP contribution is -2.61. The number of carbonyl (C=O) groups excluding carboxylic acids is 1. The third-order valence-electron chi connectivity index (χ3n) is 4.72. The van der Waals surface area contributed by atoms with Crippen molar-refractivity contribution < 1.29 is 29.3 Å². The molecule has 27 heavy (non-hydrogen) atoms. The van der Waals surface area contributed by atoms with Crippen LogP contribution in [0.15, 0.2) is 18.2 Å². The summed E-state index contributed by atoms with van der Waals surface area (Å²) in [5, 5.41) is 20.1. The standard InChI is InChI=1S/C19H28N2O6/c1-19(2,3)21(18(24)25)13-8-9-20(11-14(13)22)17(23)12-6-7-15(26-4)16(10-12)27-5/h6-7,10,13-14,22H,8-9,11H2,1-5H3,(H,24,25)/t13-,14+/m1/s1. The van der Waals surface area contributed by atoms with E-state index in [1.54, 1.807) is 39.0 Å². The number of aliphatic hydroxyl groups excluding tert-OH is 1. The topological polar surface area (TPSA) is 99.5 Å². The molecular formula is C19H28N2O6. The van der Waals surface area contributed by atoms with Gasteiger partial charge < -0.3 is 24.6 Å². The molecule has 8 heteroatoms. The van der Waals surface area contributed by atoms with Crippen molar-refractivity contribution in [2.75, 3.05) is 27.3 Å². The molecule has 8 nitrogen and oxygen atoms in total. The van der Waals surface area contributed by atoms with E-state index >= 15 is 0 Å². The number of aliphatic hydroxyl groups is 1. The Kier molecular flexibility index (Phi) is 6.20. The number of ether oxygens (including phenoxy) is 2. The first-order valence-electron chi connectivity index (χ1n) is 8.81. The number of likely N-dealkylation sites (tertiary alicyclic amines) is 1. The molecule has 0 aliphatic carbocycles. The maximum atomic E-state index is 12.8. The van der Waals surface area contributed by atoms with E-state index in [4.69, 9.17) is 9.47 Å². The maximum absolute atomic E-state index is 12.8. The van der Waals surface area contributed by atoms with Gasteiger partial charge >= 0.3 is 6.09 Å². The first kappa shape index (κ1) is 20.8. The minimum Gasteiger partial charge on any atom is -0.493 e. The molecule has 2 rings (SSSR count). The number of carboxylic acid groups (broad SMARTS) is 1. The van der Waals surface area contributed by atoms with Gasteiger partial charge in [0.05, 0.1) is 26.4 Å². The number of hydrogen-bond acceptors (Lipinski definition) is 5. The van der Waals surface area contributed by atoms with Crippen molar-refractivity contribution >= 4 is 12.0 Å². The van der Waals surface area contributed by atoms with Gasteiger partial charge in [-0.05, 0) is 45.4 Å². The molecule has 0 spiro atoms. The third-order valence-corrected chi connectivity index (χ3v) is 4.72. The highest BCUT2D eigenvalue weighted by Gasteiger charge is 2.41. The summed E-state index contributed by atoms with van der Waals surface area (Å²) in [4.78, 5) is 27.3. The first-order chi connectivity index (χ1) is 12.6. The quantitative estimate of drug-likeness (QED) is 0.829. The van der Waals surface area contributed by atoms with Gasteiger partial charge in [0.1, 0.15) is 0 Å². The predicted molar refractivity (Wildman–Crippen MR) is 99.5 cm³/mol. The summed E-state index contributed by atoms with van der Waals surface area (Å²) >= 11 is 0. The van der Waals surface area contributed by atoms with E-state index in [0.29, 0.717) is 30.0 Å². The number of amides is 2. The zero-order valence-electron chi connectivity index (χ0n) is 16.4. The first-order valence-corrected chi connectivity index (χ1v) is 8.81. The van der Waals surface area contributed by atoms with E-state index in [0.717, 1.165) is 0 Å². The predicted octanol–water partition coefficient (Wildman–Crippen LogP) is 2.06. The molecule has 1 aliphatic rings. The van der Waals surface area contributed by atoms with E-state index in [1.807, 2.05) is 0 Å². The van der Waals surface area contributed by atoms with Crippen molar-refractivity contribution in [2.45, 2.75) is 44.9 Å². The smallest absolute Gasteiger partial charge is 0.408 e. The van der Waals surface area contributed by atoms with Gasteiger partial charge in [-0.2, -0.15) is 0 Å². The molecule has 0 saturated carbocycles. The SMILES string of the molecule is COc1ccc(C(=O)N2CC[C@@H](N(C(=O)O)C(C)(C)C)[C@@H](O)C2)cc1OC. The van der Waals surface area contributed by atoms with E-state index in [2.05, 4.69) is 0 Å². The molecule has 1 fully saturated rings. The van der Waals surface area contributed by atoms with Crippen LogP contribution in [-0.2, 0) is 0 Å². The van der Waals surface area contributed by atoms with Crippen LogP contribution in [0.3, 0.4) is 0 Å². The fourth-order valence-electron chi connectivity index (χ4n) is 3.48. The number of β-amino-alcohol motifs (C(OH)–C–C–N with tert-alkyl or cyclic N) is 1. The zero-order chi connectivity index (χ0) is 20.4. The summed E-state index contributed by atoms with van der Waals surface area (Å²) < 4.78 is 10.4. The molecule has 2 atom stereocenters. The molecule has 150 valence electrons. The van der Waals surface area contributed by atoms with Crippen LogP contribution < -0.4 is 9.47 Å². The van der Waals surface area contributed by atoms with Gasteiger partial charge in [0.15, 0.2) is 11.5 Å². The molecule has 0 unspecified atom stereocenters. The fourth-order valence-corrected chi connectivity index (χ4v) is 3.48. The molecule has 2 amide bonds. The lowest BCUT2D eigenvalue weighted by molar-refractivity contribution is -0.0300. The highest BCUT2D eigenvalue weighted by Crippen LogP contribution is 2.29. The minimum absolute atomic E-state index is 0.0672. The minimum atomic E-state index is -1.08. The molecule has 0 bridgehead atoms. The second-order valence-corrected chi connectivity index (χ2v) is 7.57. The summed E-state index contributed by atoms with van der Waals surface area (Å²) in [5.41, 5.74) is -0.225. The maximum Gasteiger partial charge on any atom is 0.408 e. The van der Waals surface area contributed by atoms with Crippen LogP contribution in [0.2, 0.25) is 0 Å². The molecule has 0 aromatic heterocycles. The average molecular weight is 380 g/mol. The van der Waals surface area contributed by atoms with Crippen molar-refractivity contribution in [1.82, 2.24) is 9.80 Å². The van der Waals surface area contributed by atoms with Crippen LogP contribution in [0, 0.1) is 0 Å². The average Bonchev–Trinajstić information content (AvgIpc) is 2.60. The summed E-state index contributed by atoms with van der Waals surface area (Å²) in [6.45, 7) is 5.78. The normalized spacial score (nSPS) is 20.1. The Bertz CT molecular complexity index is 700. The van der Waals surface area contributed by atoms with E-state index in [9.17, 15) is 19.8 Å². The van der Waals surface area contributed by atoms with Crippen LogP contribution in [0.25, 0.3) is 0 Å². The highest BCUT2D eigenvalue weighted by molar-refractivity contribution is 5.95. The Labute approximate surface area is 159 Å². The molecule has 0 radical (unpaired) electrons.